The number of carbonyl (C=O) groups excluding carboxylic acids is 1. The molecule has 0 saturated carbocycles. The van der Waals surface area contributed by atoms with Crippen LogP contribution in [0.2, 0.25) is 0 Å². The van der Waals surface area contributed by atoms with E-state index in [-0.39, 0.29) is 11.5 Å². The highest BCUT2D eigenvalue weighted by Crippen LogP contribution is 2.49. The van der Waals surface area contributed by atoms with Crippen molar-refractivity contribution in [3.63, 3.8) is 0 Å². The van der Waals surface area contributed by atoms with E-state index < -0.39 is 34.4 Å². The van der Waals surface area contributed by atoms with Crippen molar-refractivity contribution in [3.8, 4) is 0 Å². The van der Waals surface area contributed by atoms with Crippen molar-refractivity contribution in [2.75, 3.05) is 30.5 Å². The Labute approximate surface area is 219 Å². The first-order chi connectivity index (χ1) is 17.8. The number of fused-ring (bicyclic) bond motifs is 3. The molecule has 1 spiro atoms. The Bertz CT molecular complexity index is 1430. The maximum Gasteiger partial charge on any atom is 0.303 e. The summed E-state index contributed by atoms with van der Waals surface area (Å²) in [5, 5.41) is 23.1. The summed E-state index contributed by atoms with van der Waals surface area (Å²) >= 11 is 0. The van der Waals surface area contributed by atoms with Gasteiger partial charge >= 0.3 is 5.92 Å². The second kappa shape index (κ2) is 8.91. The van der Waals surface area contributed by atoms with Crippen molar-refractivity contribution < 1.29 is 27.8 Å². The summed E-state index contributed by atoms with van der Waals surface area (Å²) in [5.74, 6) is -4.54. The summed E-state index contributed by atoms with van der Waals surface area (Å²) < 4.78 is 50.6. The van der Waals surface area contributed by atoms with Crippen LogP contribution in [0, 0.1) is 12.7 Å². The number of aromatic nitrogens is 2. The predicted octanol–water partition coefficient (Wildman–Crippen LogP) is 5.14. The number of halogens is 3. The SMILES string of the molecule is Cc1nnc(N[C@H](C)c2cccc(C(F)(F)C(C)(C)O)c2F)c2cc3c(cc12)C1(CCOCC1)C(=O)N3C. The Morgan fingerprint density at radius 1 is 1.16 bits per heavy atom. The number of amides is 1. The topological polar surface area (TPSA) is 87.6 Å². The number of hydrogen-bond acceptors (Lipinski definition) is 6. The lowest BCUT2D eigenvalue weighted by Gasteiger charge is -2.32. The van der Waals surface area contributed by atoms with Crippen LogP contribution < -0.4 is 10.2 Å². The summed E-state index contributed by atoms with van der Waals surface area (Å²) in [5.41, 5.74) is -1.60. The van der Waals surface area contributed by atoms with Gasteiger partial charge in [-0.15, -0.1) is 5.10 Å². The summed E-state index contributed by atoms with van der Waals surface area (Å²) in [4.78, 5) is 15.0. The summed E-state index contributed by atoms with van der Waals surface area (Å²) in [6.07, 6.45) is 1.19. The van der Waals surface area contributed by atoms with Gasteiger partial charge in [0.2, 0.25) is 5.91 Å². The van der Waals surface area contributed by atoms with Crippen LogP contribution in [0.1, 0.15) is 62.0 Å². The van der Waals surface area contributed by atoms with E-state index in [2.05, 4.69) is 15.5 Å². The van der Waals surface area contributed by atoms with Crippen molar-refractivity contribution in [2.24, 2.45) is 0 Å². The van der Waals surface area contributed by atoms with Crippen molar-refractivity contribution in [1.29, 1.82) is 0 Å². The van der Waals surface area contributed by atoms with Gasteiger partial charge in [0.05, 0.1) is 22.7 Å². The largest absolute Gasteiger partial charge is 0.384 e. The molecule has 0 unspecified atom stereocenters. The number of nitrogens with zero attached hydrogens (tertiary/aromatic N) is 3. The molecule has 202 valence electrons. The molecule has 1 aromatic heterocycles. The minimum Gasteiger partial charge on any atom is -0.384 e. The Morgan fingerprint density at radius 2 is 1.84 bits per heavy atom. The molecule has 2 aliphatic heterocycles. The zero-order valence-corrected chi connectivity index (χ0v) is 22.0. The van der Waals surface area contributed by atoms with Crippen LogP contribution in [-0.4, -0.2) is 47.1 Å². The number of aryl methyl sites for hydroxylation is 1. The van der Waals surface area contributed by atoms with E-state index in [0.29, 0.717) is 43.0 Å². The minimum absolute atomic E-state index is 0.00318. The highest BCUT2D eigenvalue weighted by Gasteiger charge is 2.51. The summed E-state index contributed by atoms with van der Waals surface area (Å²) in [6, 6.07) is 6.85. The van der Waals surface area contributed by atoms with Crippen LogP contribution in [0.4, 0.5) is 24.7 Å². The van der Waals surface area contributed by atoms with Gasteiger partial charge in [-0.25, -0.2) is 4.39 Å². The zero-order valence-electron chi connectivity index (χ0n) is 22.0. The molecular weight excluding hydrogens is 497 g/mol. The van der Waals surface area contributed by atoms with E-state index >= 15 is 4.39 Å². The number of ether oxygens (including phenoxy) is 1. The van der Waals surface area contributed by atoms with Gasteiger partial charge in [0.15, 0.2) is 5.82 Å². The average molecular weight is 529 g/mol. The standard InChI is InChI=1S/C28H31F3N4O3/c1-15(17-7-6-8-20(23(17)29)28(30,31)26(3,4)37)32-24-19-14-22-21(13-18(19)16(2)33-34-24)27(25(36)35(22)5)9-11-38-12-10-27/h6-8,13-15,37H,9-12H2,1-5H3,(H,32,34)/t15-/m1/s1. The molecule has 38 heavy (non-hydrogen) atoms. The first kappa shape index (κ1) is 26.4. The van der Waals surface area contributed by atoms with Gasteiger partial charge in [0.1, 0.15) is 11.4 Å². The van der Waals surface area contributed by atoms with E-state index in [1.807, 2.05) is 19.1 Å². The predicted molar refractivity (Wildman–Crippen MR) is 138 cm³/mol. The molecule has 3 aromatic rings. The number of rotatable bonds is 5. The number of carbonyl (C=O) groups is 1. The third-order valence-electron chi connectivity index (χ3n) is 7.97. The highest BCUT2D eigenvalue weighted by molar-refractivity contribution is 6.11. The van der Waals surface area contributed by atoms with Crippen LogP contribution >= 0.6 is 0 Å². The molecule has 0 bridgehead atoms. The molecule has 1 saturated heterocycles. The number of anilines is 2. The number of alkyl halides is 2. The van der Waals surface area contributed by atoms with E-state index in [9.17, 15) is 18.7 Å². The second-order valence-electron chi connectivity index (χ2n) is 10.8. The Kier molecular flexibility index (Phi) is 6.18. The smallest absolute Gasteiger partial charge is 0.303 e. The van der Waals surface area contributed by atoms with Crippen LogP contribution in [0.5, 0.6) is 0 Å². The Balaban J connectivity index is 1.57. The number of nitrogens with one attached hydrogen (secondary N) is 1. The molecule has 3 heterocycles. The van der Waals surface area contributed by atoms with Crippen molar-refractivity contribution in [2.45, 2.75) is 63.5 Å². The van der Waals surface area contributed by atoms with E-state index in [1.165, 1.54) is 12.1 Å². The van der Waals surface area contributed by atoms with Crippen molar-refractivity contribution >= 4 is 28.2 Å². The normalized spacial score (nSPS) is 18.2. The molecule has 2 N–H and O–H groups in total. The number of benzene rings is 2. The van der Waals surface area contributed by atoms with Crippen LogP contribution in [0.3, 0.4) is 0 Å². The highest BCUT2D eigenvalue weighted by atomic mass is 19.3. The molecule has 0 radical (unpaired) electrons. The maximum atomic E-state index is 15.4. The fourth-order valence-electron chi connectivity index (χ4n) is 5.57. The molecule has 1 atom stereocenters. The molecule has 0 aliphatic carbocycles. The van der Waals surface area contributed by atoms with Gasteiger partial charge < -0.3 is 20.1 Å². The summed E-state index contributed by atoms with van der Waals surface area (Å²) in [6.45, 7) is 6.36. The summed E-state index contributed by atoms with van der Waals surface area (Å²) in [7, 11) is 1.75. The molecule has 2 aliphatic rings. The Morgan fingerprint density at radius 3 is 2.50 bits per heavy atom. The molecule has 5 rings (SSSR count). The van der Waals surface area contributed by atoms with E-state index in [4.69, 9.17) is 4.74 Å². The quantitative estimate of drug-likeness (QED) is 0.477. The van der Waals surface area contributed by atoms with E-state index in [0.717, 1.165) is 36.6 Å². The molecule has 7 nitrogen and oxygen atoms in total. The number of likely N-dealkylation sites (N-methyl/N-ethyl adjacent to an activating group) is 1. The third kappa shape index (κ3) is 3.84. The van der Waals surface area contributed by atoms with Crippen LogP contribution in [0.15, 0.2) is 30.3 Å². The fraction of sp³-hybridized carbons (Fsp3) is 0.464. The molecule has 1 amide bonds. The molecule has 10 heteroatoms. The van der Waals surface area contributed by atoms with Gasteiger partial charge in [0, 0.05) is 42.3 Å². The van der Waals surface area contributed by atoms with E-state index in [1.54, 1.807) is 18.9 Å². The fourth-order valence-corrected chi connectivity index (χ4v) is 5.57. The lowest BCUT2D eigenvalue weighted by molar-refractivity contribution is -0.170. The average Bonchev–Trinajstić information content (AvgIpc) is 3.06. The lowest BCUT2D eigenvalue weighted by atomic mass is 9.74. The minimum atomic E-state index is -3.80. The van der Waals surface area contributed by atoms with Gasteiger partial charge in [-0.3, -0.25) is 4.79 Å². The second-order valence-corrected chi connectivity index (χ2v) is 10.8. The molecular formula is C28H31F3N4O3. The monoisotopic (exact) mass is 528 g/mol. The number of hydrogen-bond donors (Lipinski definition) is 2. The molecule has 1 fully saturated rings. The van der Waals surface area contributed by atoms with Gasteiger partial charge in [-0.05, 0) is 64.3 Å². The van der Waals surface area contributed by atoms with Crippen LogP contribution in [-0.2, 0) is 20.9 Å². The first-order valence-corrected chi connectivity index (χ1v) is 12.6. The van der Waals surface area contributed by atoms with Gasteiger partial charge in [-0.2, -0.15) is 13.9 Å². The lowest BCUT2D eigenvalue weighted by Crippen LogP contribution is -2.42. The first-order valence-electron chi connectivity index (χ1n) is 12.6. The van der Waals surface area contributed by atoms with Crippen LogP contribution in [0.25, 0.3) is 10.8 Å². The van der Waals surface area contributed by atoms with Gasteiger partial charge in [0.25, 0.3) is 0 Å². The van der Waals surface area contributed by atoms with Gasteiger partial charge in [-0.1, -0.05) is 12.1 Å². The van der Waals surface area contributed by atoms with Crippen molar-refractivity contribution in [3.05, 3.63) is 58.5 Å². The van der Waals surface area contributed by atoms with Crippen molar-refractivity contribution in [1.82, 2.24) is 10.2 Å². The molecule has 2 aromatic carbocycles. The number of aliphatic hydroxyl groups is 1. The third-order valence-corrected chi connectivity index (χ3v) is 7.97. The zero-order chi connectivity index (χ0) is 27.6. The Hall–Kier alpha value is -3.24. The maximum absolute atomic E-state index is 15.4.